The number of anilines is 2. The van der Waals surface area contributed by atoms with Crippen molar-refractivity contribution in [1.82, 2.24) is 10.1 Å². The first kappa shape index (κ1) is 11.9. The molecule has 1 amide bonds. The van der Waals surface area contributed by atoms with E-state index in [1.165, 1.54) is 6.39 Å². The lowest BCUT2D eigenvalue weighted by Crippen LogP contribution is -2.12. The summed E-state index contributed by atoms with van der Waals surface area (Å²) in [6.45, 7) is 0. The summed E-state index contributed by atoms with van der Waals surface area (Å²) >= 11 is 0. The maximum absolute atomic E-state index is 10.8. The summed E-state index contributed by atoms with van der Waals surface area (Å²) < 4.78 is 4.66. The van der Waals surface area contributed by atoms with Crippen LogP contribution in [-0.4, -0.2) is 35.4 Å². The molecule has 7 nitrogen and oxygen atoms in total. The van der Waals surface area contributed by atoms with Crippen molar-refractivity contribution in [2.75, 3.05) is 24.3 Å². The largest absolute Gasteiger partial charge is 0.465 e. The average molecular weight is 248 g/mol. The van der Waals surface area contributed by atoms with E-state index in [1.54, 1.807) is 12.1 Å². The van der Waals surface area contributed by atoms with E-state index in [2.05, 4.69) is 20.0 Å². The molecule has 2 rings (SSSR count). The summed E-state index contributed by atoms with van der Waals surface area (Å²) in [6.07, 6.45) is 0.0513. The first-order valence-corrected chi connectivity index (χ1v) is 5.16. The van der Waals surface area contributed by atoms with E-state index in [-0.39, 0.29) is 0 Å². The Morgan fingerprint density at radius 2 is 2.22 bits per heavy atom. The van der Waals surface area contributed by atoms with Crippen molar-refractivity contribution in [1.29, 1.82) is 0 Å². The van der Waals surface area contributed by atoms with Crippen LogP contribution in [0.2, 0.25) is 0 Å². The minimum absolute atomic E-state index is 0.337. The SMILES string of the molecule is CN(C)c1ccc(-c2ncon2)c(NC(=O)O)c1. The number of rotatable bonds is 3. The van der Waals surface area contributed by atoms with Gasteiger partial charge in [0.25, 0.3) is 0 Å². The van der Waals surface area contributed by atoms with Crippen LogP contribution in [0, 0.1) is 0 Å². The van der Waals surface area contributed by atoms with Crippen LogP contribution in [-0.2, 0) is 0 Å². The molecule has 0 aliphatic carbocycles. The van der Waals surface area contributed by atoms with Crippen molar-refractivity contribution in [2.24, 2.45) is 0 Å². The van der Waals surface area contributed by atoms with Gasteiger partial charge in [-0.05, 0) is 18.2 Å². The number of carbonyl (C=O) groups is 1. The third kappa shape index (κ3) is 2.40. The van der Waals surface area contributed by atoms with Crippen LogP contribution in [0.15, 0.2) is 29.1 Å². The minimum Gasteiger partial charge on any atom is -0.465 e. The van der Waals surface area contributed by atoms with Gasteiger partial charge in [-0.2, -0.15) is 4.98 Å². The number of carboxylic acid groups (broad SMARTS) is 1. The van der Waals surface area contributed by atoms with Gasteiger partial charge in [0.05, 0.1) is 5.69 Å². The monoisotopic (exact) mass is 248 g/mol. The summed E-state index contributed by atoms with van der Waals surface area (Å²) in [5, 5.41) is 14.9. The van der Waals surface area contributed by atoms with E-state index in [0.29, 0.717) is 17.1 Å². The molecule has 1 aromatic heterocycles. The molecule has 0 aliphatic heterocycles. The zero-order valence-electron chi connectivity index (χ0n) is 9.91. The molecule has 0 aliphatic rings. The fourth-order valence-corrected chi connectivity index (χ4v) is 1.51. The van der Waals surface area contributed by atoms with Crippen molar-refractivity contribution < 1.29 is 14.4 Å². The summed E-state index contributed by atoms with van der Waals surface area (Å²) in [5.41, 5.74) is 1.85. The average Bonchev–Trinajstić information content (AvgIpc) is 2.81. The Kier molecular flexibility index (Phi) is 3.13. The van der Waals surface area contributed by atoms with Crippen LogP contribution in [0.5, 0.6) is 0 Å². The summed E-state index contributed by atoms with van der Waals surface area (Å²) in [4.78, 5) is 16.6. The maximum atomic E-state index is 10.8. The van der Waals surface area contributed by atoms with Crippen molar-refractivity contribution in [3.8, 4) is 11.4 Å². The maximum Gasteiger partial charge on any atom is 0.409 e. The predicted molar refractivity (Wildman–Crippen MR) is 65.7 cm³/mol. The molecule has 0 fully saturated rings. The molecular weight excluding hydrogens is 236 g/mol. The van der Waals surface area contributed by atoms with Crippen molar-refractivity contribution in [2.45, 2.75) is 0 Å². The molecule has 0 radical (unpaired) electrons. The zero-order valence-corrected chi connectivity index (χ0v) is 9.91. The Balaban J connectivity index is 2.48. The van der Waals surface area contributed by atoms with E-state index >= 15 is 0 Å². The van der Waals surface area contributed by atoms with E-state index in [0.717, 1.165) is 5.69 Å². The summed E-state index contributed by atoms with van der Waals surface area (Å²) in [6, 6.07) is 5.30. The van der Waals surface area contributed by atoms with Gasteiger partial charge in [-0.25, -0.2) is 4.79 Å². The molecule has 1 aromatic carbocycles. The number of nitrogens with one attached hydrogen (secondary N) is 1. The first-order chi connectivity index (χ1) is 8.58. The fraction of sp³-hybridized carbons (Fsp3) is 0.182. The third-order valence-electron chi connectivity index (χ3n) is 2.36. The van der Waals surface area contributed by atoms with Gasteiger partial charge in [-0.15, -0.1) is 0 Å². The lowest BCUT2D eigenvalue weighted by molar-refractivity contribution is 0.210. The highest BCUT2D eigenvalue weighted by Gasteiger charge is 2.12. The van der Waals surface area contributed by atoms with Gasteiger partial charge >= 0.3 is 6.09 Å². The molecule has 0 bridgehead atoms. The Morgan fingerprint density at radius 1 is 1.44 bits per heavy atom. The Labute approximate surface area is 103 Å². The van der Waals surface area contributed by atoms with Gasteiger partial charge in [0.2, 0.25) is 12.2 Å². The minimum atomic E-state index is -1.14. The van der Waals surface area contributed by atoms with Gasteiger partial charge in [0.15, 0.2) is 0 Å². The quantitative estimate of drug-likeness (QED) is 0.861. The molecule has 94 valence electrons. The summed E-state index contributed by atoms with van der Waals surface area (Å²) in [5.74, 6) is 0.337. The first-order valence-electron chi connectivity index (χ1n) is 5.16. The van der Waals surface area contributed by atoms with Gasteiger partial charge < -0.3 is 14.5 Å². The Morgan fingerprint density at radius 3 is 2.78 bits per heavy atom. The van der Waals surface area contributed by atoms with Crippen molar-refractivity contribution >= 4 is 17.5 Å². The second-order valence-electron chi connectivity index (χ2n) is 3.81. The molecule has 0 spiro atoms. The molecule has 18 heavy (non-hydrogen) atoms. The molecule has 0 saturated heterocycles. The molecule has 2 aromatic rings. The highest BCUT2D eigenvalue weighted by atomic mass is 16.5. The van der Waals surface area contributed by atoms with Crippen LogP contribution in [0.25, 0.3) is 11.4 Å². The van der Waals surface area contributed by atoms with E-state index < -0.39 is 6.09 Å². The van der Waals surface area contributed by atoms with E-state index in [4.69, 9.17) is 5.11 Å². The predicted octanol–water partition coefficient (Wildman–Crippen LogP) is 1.89. The molecule has 0 saturated carbocycles. The molecule has 1 heterocycles. The van der Waals surface area contributed by atoms with Crippen molar-refractivity contribution in [3.63, 3.8) is 0 Å². The summed E-state index contributed by atoms with van der Waals surface area (Å²) in [7, 11) is 3.74. The number of amides is 1. The molecule has 0 atom stereocenters. The van der Waals surface area contributed by atoms with Gasteiger partial charge in [-0.1, -0.05) is 5.16 Å². The highest BCUT2D eigenvalue weighted by Crippen LogP contribution is 2.29. The van der Waals surface area contributed by atoms with Gasteiger partial charge in [0, 0.05) is 25.3 Å². The number of aromatic nitrogens is 2. The molecule has 0 unspecified atom stereocenters. The highest BCUT2D eigenvalue weighted by molar-refractivity contribution is 5.90. The number of hydrogen-bond donors (Lipinski definition) is 2. The normalized spacial score (nSPS) is 10.1. The van der Waals surface area contributed by atoms with Gasteiger partial charge in [0.1, 0.15) is 0 Å². The molecule has 2 N–H and O–H groups in total. The fourth-order valence-electron chi connectivity index (χ4n) is 1.51. The smallest absolute Gasteiger partial charge is 0.409 e. The van der Waals surface area contributed by atoms with Crippen LogP contribution >= 0.6 is 0 Å². The van der Waals surface area contributed by atoms with Gasteiger partial charge in [-0.3, -0.25) is 5.32 Å². The number of nitrogens with zero attached hydrogens (tertiary/aromatic N) is 3. The second-order valence-corrected chi connectivity index (χ2v) is 3.81. The Hall–Kier alpha value is -2.57. The lowest BCUT2D eigenvalue weighted by atomic mass is 10.1. The molecular formula is C11H12N4O3. The standard InChI is InChI=1S/C11H12N4O3/c1-15(2)7-3-4-8(10-12-6-18-14-10)9(5-7)13-11(16)17/h3-6,13H,1-2H3,(H,16,17). The van der Waals surface area contributed by atoms with E-state index in [1.807, 2.05) is 25.1 Å². The number of benzene rings is 1. The third-order valence-corrected chi connectivity index (χ3v) is 2.36. The lowest BCUT2D eigenvalue weighted by Gasteiger charge is -2.15. The topological polar surface area (TPSA) is 91.5 Å². The van der Waals surface area contributed by atoms with Crippen LogP contribution < -0.4 is 10.2 Å². The van der Waals surface area contributed by atoms with Crippen LogP contribution in [0.3, 0.4) is 0 Å². The van der Waals surface area contributed by atoms with Crippen molar-refractivity contribution in [3.05, 3.63) is 24.6 Å². The number of hydrogen-bond acceptors (Lipinski definition) is 5. The van der Waals surface area contributed by atoms with Crippen LogP contribution in [0.1, 0.15) is 0 Å². The van der Waals surface area contributed by atoms with Crippen LogP contribution in [0.4, 0.5) is 16.2 Å². The van der Waals surface area contributed by atoms with E-state index in [9.17, 15) is 4.79 Å². The second kappa shape index (κ2) is 4.74. The zero-order chi connectivity index (χ0) is 13.1. The Bertz CT molecular complexity index is 551. The molecule has 7 heteroatoms.